The van der Waals surface area contributed by atoms with Crippen molar-refractivity contribution in [3.05, 3.63) is 27.2 Å². The fraction of sp³-hybridized carbons (Fsp3) is 0.562. The Morgan fingerprint density at radius 1 is 1.08 bits per heavy atom. The highest BCUT2D eigenvalue weighted by Crippen LogP contribution is 2.31. The van der Waals surface area contributed by atoms with E-state index in [1.165, 1.54) is 25.2 Å². The Hall–Kier alpha value is -1.12. The number of thiazole rings is 2. The molecule has 0 saturated carbocycles. The minimum Gasteiger partial charge on any atom is -0.297 e. The molecule has 2 aromatic rings. The quantitative estimate of drug-likeness (QED) is 0.785. The first-order chi connectivity index (χ1) is 10.9. The van der Waals surface area contributed by atoms with Gasteiger partial charge in [0.25, 0.3) is 0 Å². The Labute approximate surface area is 151 Å². The van der Waals surface area contributed by atoms with Gasteiger partial charge in [0.1, 0.15) is 9.75 Å². The van der Waals surface area contributed by atoms with E-state index in [2.05, 4.69) is 9.97 Å². The number of nitrogens with zero attached hydrogens (tertiary/aromatic N) is 2. The van der Waals surface area contributed by atoms with Crippen LogP contribution in [0.4, 0.5) is 0 Å². The van der Waals surface area contributed by atoms with Gasteiger partial charge in [-0.3, -0.25) is 4.79 Å². The van der Waals surface area contributed by atoms with Crippen LogP contribution in [0.5, 0.6) is 0 Å². The second kappa shape index (κ2) is 6.31. The van der Waals surface area contributed by atoms with E-state index >= 15 is 0 Å². The molecule has 5 nitrogen and oxygen atoms in total. The van der Waals surface area contributed by atoms with Crippen LogP contribution in [-0.2, 0) is 26.5 Å². The summed E-state index contributed by atoms with van der Waals surface area (Å²) in [7, 11) is -3.82. The lowest BCUT2D eigenvalue weighted by molar-refractivity contribution is -0.120. The van der Waals surface area contributed by atoms with Crippen LogP contribution in [0.3, 0.4) is 0 Å². The number of aryl methyl sites for hydroxylation is 1. The van der Waals surface area contributed by atoms with Gasteiger partial charge >= 0.3 is 0 Å². The Balaban J connectivity index is 2.26. The minimum atomic E-state index is -3.82. The first-order valence-electron chi connectivity index (χ1n) is 7.50. The summed E-state index contributed by atoms with van der Waals surface area (Å²) in [5, 5.41) is 4.24. The van der Waals surface area contributed by atoms with E-state index in [9.17, 15) is 13.2 Å². The van der Waals surface area contributed by atoms with Crippen LogP contribution in [-0.4, -0.2) is 28.9 Å². The van der Waals surface area contributed by atoms with Gasteiger partial charge < -0.3 is 0 Å². The van der Waals surface area contributed by atoms with Crippen LogP contribution < -0.4 is 0 Å². The summed E-state index contributed by atoms with van der Waals surface area (Å²) in [6, 6.07) is 0. The smallest absolute Gasteiger partial charge is 0.217 e. The van der Waals surface area contributed by atoms with E-state index in [-0.39, 0.29) is 22.0 Å². The highest BCUT2D eigenvalue weighted by molar-refractivity contribution is 7.95. The van der Waals surface area contributed by atoms with Gasteiger partial charge in [0, 0.05) is 21.9 Å². The van der Waals surface area contributed by atoms with Crippen molar-refractivity contribution in [2.45, 2.75) is 62.5 Å². The van der Waals surface area contributed by atoms with E-state index in [1.54, 1.807) is 12.3 Å². The van der Waals surface area contributed by atoms with Crippen molar-refractivity contribution in [3.8, 4) is 0 Å². The average Bonchev–Trinajstić information content (AvgIpc) is 3.07. The van der Waals surface area contributed by atoms with E-state index in [0.29, 0.717) is 10.7 Å². The monoisotopic (exact) mass is 386 g/mol. The summed E-state index contributed by atoms with van der Waals surface area (Å²) in [5.74, 6) is -0.370. The molecule has 2 rings (SSSR count). The summed E-state index contributed by atoms with van der Waals surface area (Å²) in [5.41, 5.74) is 1.45. The third kappa shape index (κ3) is 3.60. The highest BCUT2D eigenvalue weighted by atomic mass is 32.2. The van der Waals surface area contributed by atoms with Gasteiger partial charge in [-0.15, -0.1) is 22.7 Å². The third-order valence-corrected chi connectivity index (χ3v) is 8.47. The Bertz CT molecular complexity index is 855. The molecule has 0 N–H and O–H groups in total. The van der Waals surface area contributed by atoms with Gasteiger partial charge in [-0.05, 0) is 20.8 Å². The van der Waals surface area contributed by atoms with Crippen molar-refractivity contribution >= 4 is 38.3 Å². The van der Waals surface area contributed by atoms with Gasteiger partial charge in [-0.25, -0.2) is 18.4 Å². The fourth-order valence-corrected chi connectivity index (χ4v) is 5.80. The highest BCUT2D eigenvalue weighted by Gasteiger charge is 2.44. The topological polar surface area (TPSA) is 77.0 Å². The number of ketones is 1. The van der Waals surface area contributed by atoms with Crippen LogP contribution in [0.2, 0.25) is 0 Å². The van der Waals surface area contributed by atoms with E-state index < -0.39 is 14.6 Å². The van der Waals surface area contributed by atoms with Gasteiger partial charge in [0.05, 0.1) is 12.1 Å². The predicted octanol–water partition coefficient (Wildman–Crippen LogP) is 3.57. The number of hydrogen-bond donors (Lipinski definition) is 0. The molecule has 0 aromatic carbocycles. The first-order valence-corrected chi connectivity index (χ1v) is 10.7. The molecular weight excluding hydrogens is 364 g/mol. The lowest BCUT2D eigenvalue weighted by Crippen LogP contribution is -2.41. The second-order valence-corrected chi connectivity index (χ2v) is 11.7. The van der Waals surface area contributed by atoms with Crippen molar-refractivity contribution in [1.82, 2.24) is 9.97 Å². The molecule has 0 radical (unpaired) electrons. The van der Waals surface area contributed by atoms with Crippen molar-refractivity contribution in [1.29, 1.82) is 0 Å². The Morgan fingerprint density at radius 2 is 1.71 bits per heavy atom. The van der Waals surface area contributed by atoms with E-state index in [1.807, 2.05) is 26.2 Å². The van der Waals surface area contributed by atoms with Crippen LogP contribution >= 0.6 is 22.7 Å². The minimum absolute atomic E-state index is 0.00660. The standard InChI is InChI=1S/C16H22N2O3S3/c1-10-8-23-14(17-10)24(20,21)16(5,6)12(19)7-13-18-11(9-22-13)15(2,3)4/h8-9H,7H2,1-6H3. The Kier molecular flexibility index (Phi) is 5.05. The molecule has 24 heavy (non-hydrogen) atoms. The van der Waals surface area contributed by atoms with Crippen LogP contribution in [0.25, 0.3) is 0 Å². The Morgan fingerprint density at radius 3 is 2.17 bits per heavy atom. The number of hydrogen-bond acceptors (Lipinski definition) is 7. The molecule has 0 aliphatic rings. The van der Waals surface area contributed by atoms with Crippen LogP contribution in [0, 0.1) is 6.92 Å². The summed E-state index contributed by atoms with van der Waals surface area (Å²) in [4.78, 5) is 21.2. The van der Waals surface area contributed by atoms with Crippen LogP contribution in [0.1, 0.15) is 51.0 Å². The van der Waals surface area contributed by atoms with Crippen molar-refractivity contribution in [2.75, 3.05) is 0 Å². The zero-order chi connectivity index (χ0) is 18.3. The predicted molar refractivity (Wildman–Crippen MR) is 97.6 cm³/mol. The first kappa shape index (κ1) is 19.2. The number of rotatable bonds is 5. The number of Topliss-reactive ketones (excluding diaryl/α,β-unsaturated/α-hetero) is 1. The maximum atomic E-state index is 12.8. The molecule has 8 heteroatoms. The average molecular weight is 387 g/mol. The zero-order valence-electron chi connectivity index (χ0n) is 14.7. The zero-order valence-corrected chi connectivity index (χ0v) is 17.2. The van der Waals surface area contributed by atoms with Gasteiger partial charge in [0.15, 0.2) is 5.78 Å². The normalized spacial score (nSPS) is 13.2. The lowest BCUT2D eigenvalue weighted by atomic mass is 9.93. The molecule has 0 atom stereocenters. The molecule has 0 fully saturated rings. The molecule has 0 unspecified atom stereocenters. The maximum absolute atomic E-state index is 12.8. The molecule has 0 saturated heterocycles. The summed E-state index contributed by atoms with van der Waals surface area (Å²) in [6.07, 6.45) is 0.0112. The molecular formula is C16H22N2O3S3. The molecule has 0 aliphatic heterocycles. The SMILES string of the molecule is Cc1csc(S(=O)(=O)C(C)(C)C(=O)Cc2nc(C(C)(C)C)cs2)n1. The van der Waals surface area contributed by atoms with Crippen molar-refractivity contribution in [2.24, 2.45) is 0 Å². The number of carbonyl (C=O) groups excluding carboxylic acids is 1. The molecule has 0 spiro atoms. The number of aromatic nitrogens is 2. The molecule has 0 bridgehead atoms. The van der Waals surface area contributed by atoms with Gasteiger partial charge in [-0.2, -0.15) is 0 Å². The van der Waals surface area contributed by atoms with Gasteiger partial charge in [-0.1, -0.05) is 20.8 Å². The van der Waals surface area contributed by atoms with Crippen LogP contribution in [0.15, 0.2) is 15.1 Å². The van der Waals surface area contributed by atoms with E-state index in [4.69, 9.17) is 0 Å². The third-order valence-electron chi connectivity index (χ3n) is 3.80. The number of sulfone groups is 1. The van der Waals surface area contributed by atoms with Crippen molar-refractivity contribution < 1.29 is 13.2 Å². The van der Waals surface area contributed by atoms with Gasteiger partial charge in [0.2, 0.25) is 14.2 Å². The van der Waals surface area contributed by atoms with Crippen molar-refractivity contribution in [3.63, 3.8) is 0 Å². The second-order valence-electron chi connectivity index (χ2n) is 7.24. The maximum Gasteiger partial charge on any atom is 0.217 e. The lowest BCUT2D eigenvalue weighted by Gasteiger charge is -2.21. The summed E-state index contributed by atoms with van der Waals surface area (Å²) in [6.45, 7) is 10.8. The number of carbonyl (C=O) groups is 1. The fourth-order valence-electron chi connectivity index (χ4n) is 1.91. The molecule has 0 amide bonds. The van der Waals surface area contributed by atoms with E-state index in [0.717, 1.165) is 17.0 Å². The molecule has 2 heterocycles. The molecule has 132 valence electrons. The molecule has 0 aliphatic carbocycles. The molecule has 2 aromatic heterocycles. The summed E-state index contributed by atoms with van der Waals surface area (Å²) < 4.78 is 24.0. The summed E-state index contributed by atoms with van der Waals surface area (Å²) >= 11 is 2.44. The largest absolute Gasteiger partial charge is 0.297 e.